The van der Waals surface area contributed by atoms with E-state index in [-0.39, 0.29) is 5.75 Å². The molecule has 0 spiro atoms. The topological polar surface area (TPSA) is 98.9 Å². The van der Waals surface area contributed by atoms with Crippen molar-refractivity contribution in [3.05, 3.63) is 84.0 Å². The Morgan fingerprint density at radius 2 is 1.86 bits per heavy atom. The second kappa shape index (κ2) is 13.1. The minimum Gasteiger partial charge on any atom is -0.508 e. The van der Waals surface area contributed by atoms with Crippen molar-refractivity contribution in [2.24, 2.45) is 37.8 Å². The highest BCUT2D eigenvalue weighted by Crippen LogP contribution is 2.30. The monoisotopic (exact) mass is 514 g/mol. The number of thioether (sulfide) groups is 1. The number of nitrogens with two attached hydrogens (primary N) is 1. The van der Waals surface area contributed by atoms with E-state index in [0.717, 1.165) is 41.4 Å². The Bertz CT molecular complexity index is 1210. The molecule has 2 aromatic carbocycles. The van der Waals surface area contributed by atoms with E-state index in [9.17, 15) is 5.11 Å². The minimum absolute atomic E-state index is 0.195. The number of hydrogen-bond acceptors (Lipinski definition) is 5. The first-order chi connectivity index (χ1) is 18.0. The Morgan fingerprint density at radius 3 is 2.62 bits per heavy atom. The first kappa shape index (κ1) is 26.4. The van der Waals surface area contributed by atoms with Crippen LogP contribution in [-0.2, 0) is 0 Å². The summed E-state index contributed by atoms with van der Waals surface area (Å²) in [6, 6.07) is 14.6. The molecule has 0 amide bonds. The van der Waals surface area contributed by atoms with Gasteiger partial charge in [-0.2, -0.15) is 5.10 Å². The van der Waals surface area contributed by atoms with Crippen LogP contribution in [-0.4, -0.2) is 51.9 Å². The van der Waals surface area contributed by atoms with Gasteiger partial charge in [0.25, 0.3) is 0 Å². The van der Waals surface area contributed by atoms with E-state index in [1.807, 2.05) is 24.3 Å². The van der Waals surface area contributed by atoms with Gasteiger partial charge in [0.1, 0.15) is 17.9 Å². The van der Waals surface area contributed by atoms with Gasteiger partial charge in [0, 0.05) is 23.8 Å². The molecular weight excluding hydrogens is 480 g/mol. The third-order valence-corrected chi connectivity index (χ3v) is 7.22. The Hall–Kier alpha value is -3.65. The lowest BCUT2D eigenvalue weighted by Crippen LogP contribution is -2.45. The molecule has 2 aliphatic rings. The number of phenols is 1. The lowest BCUT2D eigenvalue weighted by molar-refractivity contribution is 0.275. The average Bonchev–Trinajstić information content (AvgIpc) is 2.90. The Morgan fingerprint density at radius 1 is 1.11 bits per heavy atom. The van der Waals surface area contributed by atoms with Gasteiger partial charge in [-0.05, 0) is 48.6 Å². The first-order valence-electron chi connectivity index (χ1n) is 12.6. The van der Waals surface area contributed by atoms with Crippen molar-refractivity contribution in [3.63, 3.8) is 0 Å². The van der Waals surface area contributed by atoms with E-state index in [4.69, 9.17) is 5.73 Å². The van der Waals surface area contributed by atoms with Crippen LogP contribution in [0.5, 0.6) is 5.75 Å². The van der Waals surface area contributed by atoms with Crippen LogP contribution in [0.3, 0.4) is 0 Å². The molecule has 1 aliphatic heterocycles. The van der Waals surface area contributed by atoms with Crippen LogP contribution in [0.2, 0.25) is 0 Å². The molecule has 1 fully saturated rings. The molecule has 1 aliphatic carbocycles. The molecule has 0 aromatic heterocycles. The molecule has 1 heterocycles. The maximum Gasteiger partial charge on any atom is 0.186 e. The molecule has 2 unspecified atom stereocenters. The van der Waals surface area contributed by atoms with Gasteiger partial charge in [0.05, 0.1) is 17.9 Å². The summed E-state index contributed by atoms with van der Waals surface area (Å²) < 4.78 is 0. The van der Waals surface area contributed by atoms with Crippen molar-refractivity contribution in [3.8, 4) is 5.75 Å². The number of phenolic OH excluding ortho intramolecular Hbond substituents is 1. The number of nitrogens with zero attached hydrogens (tertiary/aromatic N) is 5. The molecule has 7 nitrogen and oxygen atoms in total. The molecule has 8 heteroatoms. The summed E-state index contributed by atoms with van der Waals surface area (Å²) in [7, 11) is 0. The molecule has 2 atom stereocenters. The predicted octanol–water partition coefficient (Wildman–Crippen LogP) is 5.74. The van der Waals surface area contributed by atoms with Crippen molar-refractivity contribution >= 4 is 41.0 Å². The van der Waals surface area contributed by atoms with Gasteiger partial charge in [-0.3, -0.25) is 0 Å². The second-order valence-corrected chi connectivity index (χ2v) is 10.5. The fourth-order valence-electron chi connectivity index (χ4n) is 4.33. The maximum absolute atomic E-state index is 9.34. The summed E-state index contributed by atoms with van der Waals surface area (Å²) >= 11 is 1.78. The lowest BCUT2D eigenvalue weighted by atomic mass is 9.86. The number of aromatic hydroxyl groups is 1. The van der Waals surface area contributed by atoms with Gasteiger partial charge in [-0.25, -0.2) is 9.98 Å². The Kier molecular flexibility index (Phi) is 9.32. The third-order valence-electron chi connectivity index (χ3n) is 6.15. The van der Waals surface area contributed by atoms with Gasteiger partial charge in [0.15, 0.2) is 5.17 Å². The van der Waals surface area contributed by atoms with Crippen LogP contribution < -0.4 is 5.73 Å². The van der Waals surface area contributed by atoms with Crippen LogP contribution in [0.4, 0.5) is 5.69 Å². The molecule has 3 N–H and O–H groups in total. The van der Waals surface area contributed by atoms with Gasteiger partial charge in [-0.1, -0.05) is 74.2 Å². The number of benzene rings is 2. The minimum atomic E-state index is 0.195. The summed E-state index contributed by atoms with van der Waals surface area (Å²) in [4.78, 5) is 10.8. The van der Waals surface area contributed by atoms with Gasteiger partial charge >= 0.3 is 0 Å². The van der Waals surface area contributed by atoms with E-state index in [2.05, 4.69) is 63.2 Å². The fourth-order valence-corrected chi connectivity index (χ4v) is 5.27. The maximum atomic E-state index is 9.34. The van der Waals surface area contributed by atoms with E-state index in [1.165, 1.54) is 6.34 Å². The third kappa shape index (κ3) is 7.67. The number of aliphatic imine (C=N–C) groups is 2. The molecule has 2 aromatic rings. The van der Waals surface area contributed by atoms with Gasteiger partial charge in [-0.15, -0.1) is 5.10 Å². The standard InChI is InChI=1S/C29H34N6OS/c1-21(2)18-24-6-3-4-7-27(24)35-16-5-17-37-29(35)34-33-19-22-8-10-23(11-9-22)28(30)32-20-31-25-12-14-26(36)15-13-25/h3-4,6-15,19-21,24,27,36H,5,16-18H2,1-2H3,(H2,30,31,32)/b33-19-,34-29+. The van der Waals surface area contributed by atoms with Gasteiger partial charge < -0.3 is 15.7 Å². The smallest absolute Gasteiger partial charge is 0.186 e. The SMILES string of the molecule is CC(C)CC1C=CC=CC1N1CCCS/C1=N/N=C\c1ccc(C(N)=NC=Nc2ccc(O)cc2)cc1. The zero-order valence-corrected chi connectivity index (χ0v) is 22.1. The molecular formula is C29H34N6OS. The molecule has 4 rings (SSSR count). The Balaban J connectivity index is 1.40. The summed E-state index contributed by atoms with van der Waals surface area (Å²) in [5.74, 6) is 2.76. The average molecular weight is 515 g/mol. The summed E-state index contributed by atoms with van der Waals surface area (Å²) in [6.07, 6.45) is 14.4. The van der Waals surface area contributed by atoms with Crippen LogP contribution in [0.1, 0.15) is 37.8 Å². The highest BCUT2D eigenvalue weighted by atomic mass is 32.2. The van der Waals surface area contributed by atoms with Crippen molar-refractivity contribution in [2.75, 3.05) is 12.3 Å². The number of allylic oxidation sites excluding steroid dienone is 2. The van der Waals surface area contributed by atoms with Crippen LogP contribution >= 0.6 is 11.8 Å². The fraction of sp³-hybridized carbons (Fsp3) is 0.310. The number of amidine groups is 2. The van der Waals surface area contributed by atoms with Crippen molar-refractivity contribution < 1.29 is 5.11 Å². The van der Waals surface area contributed by atoms with E-state index >= 15 is 0 Å². The summed E-state index contributed by atoms with van der Waals surface area (Å²) in [5, 5.41) is 19.4. The first-order valence-corrected chi connectivity index (χ1v) is 13.6. The quantitative estimate of drug-likeness (QED) is 0.266. The van der Waals surface area contributed by atoms with Crippen LogP contribution in [0.15, 0.2) is 93.0 Å². The normalized spacial score (nSPS) is 21.6. The van der Waals surface area contributed by atoms with Crippen LogP contribution in [0, 0.1) is 11.8 Å². The van der Waals surface area contributed by atoms with Crippen molar-refractivity contribution in [1.29, 1.82) is 0 Å². The summed E-state index contributed by atoms with van der Waals surface area (Å²) in [5.41, 5.74) is 8.52. The van der Waals surface area contributed by atoms with Gasteiger partial charge in [0.2, 0.25) is 0 Å². The lowest BCUT2D eigenvalue weighted by Gasteiger charge is -2.39. The Labute approximate surface area is 223 Å². The van der Waals surface area contributed by atoms with Crippen molar-refractivity contribution in [1.82, 2.24) is 4.90 Å². The number of hydrogen-bond donors (Lipinski definition) is 2. The van der Waals surface area contributed by atoms with E-state index in [1.54, 1.807) is 42.2 Å². The molecule has 0 saturated carbocycles. The second-order valence-electron chi connectivity index (χ2n) is 9.47. The largest absolute Gasteiger partial charge is 0.508 e. The zero-order valence-electron chi connectivity index (χ0n) is 21.3. The van der Waals surface area contributed by atoms with E-state index in [0.29, 0.717) is 29.4 Å². The highest BCUT2D eigenvalue weighted by Gasteiger charge is 2.30. The molecule has 37 heavy (non-hydrogen) atoms. The highest BCUT2D eigenvalue weighted by molar-refractivity contribution is 8.13. The van der Waals surface area contributed by atoms with E-state index < -0.39 is 0 Å². The zero-order chi connectivity index (χ0) is 26.0. The molecule has 0 radical (unpaired) electrons. The van der Waals surface area contributed by atoms with Crippen LogP contribution in [0.25, 0.3) is 0 Å². The molecule has 192 valence electrons. The number of rotatable bonds is 8. The molecule has 1 saturated heterocycles. The summed E-state index contributed by atoms with van der Waals surface area (Å²) in [6.45, 7) is 5.56. The van der Waals surface area contributed by atoms with Crippen molar-refractivity contribution in [2.45, 2.75) is 32.7 Å². The molecule has 0 bridgehead atoms. The predicted molar refractivity (Wildman–Crippen MR) is 157 cm³/mol.